The molecule has 0 aliphatic carbocycles. The Bertz CT molecular complexity index is 616. The largest absolute Gasteiger partial charge is 0.497 e. The van der Waals surface area contributed by atoms with E-state index in [1.54, 1.807) is 7.11 Å². The average molecular weight is 356 g/mol. The number of nitrogens with one attached hydrogen (secondary N) is 1. The first-order valence-electron chi connectivity index (χ1n) is 6.52. The van der Waals surface area contributed by atoms with Crippen molar-refractivity contribution in [3.8, 4) is 5.75 Å². The molecule has 2 nitrogen and oxygen atoms in total. The summed E-state index contributed by atoms with van der Waals surface area (Å²) >= 11 is 3.06. The Balaban J connectivity index is 2.07. The summed E-state index contributed by atoms with van der Waals surface area (Å²) in [5, 5.41) is 3.12. The Morgan fingerprint density at radius 2 is 1.81 bits per heavy atom. The van der Waals surface area contributed by atoms with Gasteiger partial charge >= 0.3 is 0 Å². The number of rotatable bonds is 5. The Morgan fingerprint density at radius 1 is 1.14 bits per heavy atom. The lowest BCUT2D eigenvalue weighted by Crippen LogP contribution is -2.19. The van der Waals surface area contributed by atoms with Crippen molar-refractivity contribution < 1.29 is 13.5 Å². The van der Waals surface area contributed by atoms with Gasteiger partial charge in [-0.05, 0) is 52.7 Å². The summed E-state index contributed by atoms with van der Waals surface area (Å²) < 4.78 is 32.9. The van der Waals surface area contributed by atoms with Crippen LogP contribution in [0.25, 0.3) is 0 Å². The fourth-order valence-electron chi connectivity index (χ4n) is 2.00. The van der Waals surface area contributed by atoms with Crippen LogP contribution >= 0.6 is 15.9 Å². The molecule has 5 heteroatoms. The second kappa shape index (κ2) is 7.00. The van der Waals surface area contributed by atoms with E-state index in [1.807, 2.05) is 31.2 Å². The third-order valence-corrected chi connectivity index (χ3v) is 3.95. The molecule has 1 N–H and O–H groups in total. The fourth-order valence-corrected chi connectivity index (χ4v) is 2.37. The van der Waals surface area contributed by atoms with Gasteiger partial charge in [-0.25, -0.2) is 8.78 Å². The highest BCUT2D eigenvalue weighted by Gasteiger charge is 2.13. The second-order valence-electron chi connectivity index (χ2n) is 4.70. The van der Waals surface area contributed by atoms with E-state index in [0.717, 1.165) is 11.3 Å². The molecule has 2 rings (SSSR count). The lowest BCUT2D eigenvalue weighted by Gasteiger charge is -2.16. The van der Waals surface area contributed by atoms with Crippen LogP contribution in [0.5, 0.6) is 5.75 Å². The van der Waals surface area contributed by atoms with E-state index in [4.69, 9.17) is 4.74 Å². The predicted molar refractivity (Wildman–Crippen MR) is 82.3 cm³/mol. The number of hydrogen-bond acceptors (Lipinski definition) is 2. The van der Waals surface area contributed by atoms with Gasteiger partial charge in [-0.15, -0.1) is 0 Å². The molecule has 0 spiro atoms. The molecule has 0 fully saturated rings. The van der Waals surface area contributed by atoms with E-state index < -0.39 is 11.6 Å². The number of halogens is 3. The molecule has 1 atom stereocenters. The van der Waals surface area contributed by atoms with Crippen molar-refractivity contribution in [2.75, 3.05) is 7.11 Å². The van der Waals surface area contributed by atoms with Gasteiger partial charge in [0.05, 0.1) is 11.6 Å². The Morgan fingerprint density at radius 3 is 2.43 bits per heavy atom. The third-order valence-electron chi connectivity index (χ3n) is 3.34. The molecule has 0 radical (unpaired) electrons. The van der Waals surface area contributed by atoms with Gasteiger partial charge < -0.3 is 10.1 Å². The van der Waals surface area contributed by atoms with E-state index in [9.17, 15) is 8.78 Å². The minimum atomic E-state index is -0.565. The Labute approximate surface area is 131 Å². The molecular formula is C16H16BrF2NO. The second-order valence-corrected chi connectivity index (χ2v) is 5.55. The fraction of sp³-hybridized carbons (Fsp3) is 0.250. The summed E-state index contributed by atoms with van der Waals surface area (Å²) in [6.07, 6.45) is 0. The summed E-state index contributed by atoms with van der Waals surface area (Å²) in [6.45, 7) is 2.06. The standard InChI is InChI=1S/C16H16BrF2NO/c1-10(11-3-5-12(21-2)6-4-11)20-9-13-15(18)8-7-14(17)16(13)19/h3-8,10,20H,9H2,1-2H3/t10-/m0/s1. The van der Waals surface area contributed by atoms with Crippen LogP contribution in [0.15, 0.2) is 40.9 Å². The lowest BCUT2D eigenvalue weighted by atomic mass is 10.1. The molecule has 0 aliphatic heterocycles. The van der Waals surface area contributed by atoms with Gasteiger partial charge in [-0.2, -0.15) is 0 Å². The zero-order valence-corrected chi connectivity index (χ0v) is 13.4. The summed E-state index contributed by atoms with van der Waals surface area (Å²) in [7, 11) is 1.61. The Kier molecular flexibility index (Phi) is 5.31. The maximum absolute atomic E-state index is 13.9. The minimum Gasteiger partial charge on any atom is -0.497 e. The van der Waals surface area contributed by atoms with Gasteiger partial charge in [-0.3, -0.25) is 0 Å². The van der Waals surface area contributed by atoms with Crippen molar-refractivity contribution in [2.45, 2.75) is 19.5 Å². The van der Waals surface area contributed by atoms with E-state index >= 15 is 0 Å². The van der Waals surface area contributed by atoms with Gasteiger partial charge in [0.1, 0.15) is 17.4 Å². The highest BCUT2D eigenvalue weighted by atomic mass is 79.9. The first-order chi connectivity index (χ1) is 10.0. The topological polar surface area (TPSA) is 21.3 Å². The molecule has 0 saturated heterocycles. The summed E-state index contributed by atoms with van der Waals surface area (Å²) in [5.41, 5.74) is 1.05. The van der Waals surface area contributed by atoms with Crippen LogP contribution in [0.2, 0.25) is 0 Å². The molecule has 2 aromatic rings. The molecule has 2 aromatic carbocycles. The van der Waals surface area contributed by atoms with Crippen LogP contribution in [0, 0.1) is 11.6 Å². The molecule has 0 heterocycles. The lowest BCUT2D eigenvalue weighted by molar-refractivity contribution is 0.414. The van der Waals surface area contributed by atoms with Crippen molar-refractivity contribution in [1.29, 1.82) is 0 Å². The highest BCUT2D eigenvalue weighted by Crippen LogP contribution is 2.23. The van der Waals surface area contributed by atoms with Crippen molar-refractivity contribution in [2.24, 2.45) is 0 Å². The number of hydrogen-bond donors (Lipinski definition) is 1. The van der Waals surface area contributed by atoms with E-state index in [1.165, 1.54) is 12.1 Å². The summed E-state index contributed by atoms with van der Waals surface area (Å²) in [5.74, 6) is -0.343. The molecule has 112 valence electrons. The zero-order valence-electron chi connectivity index (χ0n) is 11.8. The van der Waals surface area contributed by atoms with Gasteiger partial charge in [-0.1, -0.05) is 12.1 Å². The van der Waals surface area contributed by atoms with Crippen LogP contribution in [0.3, 0.4) is 0 Å². The van der Waals surface area contributed by atoms with Crippen molar-refractivity contribution in [3.63, 3.8) is 0 Å². The smallest absolute Gasteiger partial charge is 0.144 e. The van der Waals surface area contributed by atoms with E-state index in [2.05, 4.69) is 21.2 Å². The number of ether oxygens (including phenoxy) is 1. The van der Waals surface area contributed by atoms with Crippen molar-refractivity contribution >= 4 is 15.9 Å². The first-order valence-corrected chi connectivity index (χ1v) is 7.32. The predicted octanol–water partition coefficient (Wildman–Crippen LogP) is 4.59. The molecule has 21 heavy (non-hydrogen) atoms. The number of benzene rings is 2. The van der Waals surface area contributed by atoms with Crippen LogP contribution in [-0.4, -0.2) is 7.11 Å². The van der Waals surface area contributed by atoms with Gasteiger partial charge in [0.25, 0.3) is 0 Å². The zero-order chi connectivity index (χ0) is 15.4. The third kappa shape index (κ3) is 3.80. The van der Waals surface area contributed by atoms with Crippen LogP contribution < -0.4 is 10.1 Å². The molecule has 0 amide bonds. The molecule has 0 saturated carbocycles. The van der Waals surface area contributed by atoms with Gasteiger partial charge in [0, 0.05) is 18.2 Å². The maximum atomic E-state index is 13.9. The van der Waals surface area contributed by atoms with Gasteiger partial charge in [0.2, 0.25) is 0 Å². The average Bonchev–Trinajstić information content (AvgIpc) is 2.51. The van der Waals surface area contributed by atoms with E-state index in [-0.39, 0.29) is 22.6 Å². The summed E-state index contributed by atoms with van der Waals surface area (Å²) in [4.78, 5) is 0. The van der Waals surface area contributed by atoms with Crippen molar-refractivity contribution in [3.05, 3.63) is 63.6 Å². The SMILES string of the molecule is COc1ccc([C@H](C)NCc2c(F)ccc(Br)c2F)cc1. The number of methoxy groups -OCH3 is 1. The highest BCUT2D eigenvalue weighted by molar-refractivity contribution is 9.10. The van der Waals surface area contributed by atoms with Crippen LogP contribution in [-0.2, 0) is 6.54 Å². The van der Waals surface area contributed by atoms with Crippen molar-refractivity contribution in [1.82, 2.24) is 5.32 Å². The quantitative estimate of drug-likeness (QED) is 0.792. The molecule has 0 bridgehead atoms. The Hall–Kier alpha value is -1.46. The minimum absolute atomic E-state index is 0.0322. The molecule has 0 aromatic heterocycles. The molecular weight excluding hydrogens is 340 g/mol. The van der Waals surface area contributed by atoms with Crippen LogP contribution in [0.4, 0.5) is 8.78 Å². The maximum Gasteiger partial charge on any atom is 0.144 e. The molecule has 0 unspecified atom stereocenters. The first kappa shape index (κ1) is 15.9. The monoisotopic (exact) mass is 355 g/mol. The summed E-state index contributed by atoms with van der Waals surface area (Å²) in [6, 6.07) is 10.1. The van der Waals surface area contributed by atoms with Gasteiger partial charge in [0.15, 0.2) is 0 Å². The van der Waals surface area contributed by atoms with E-state index in [0.29, 0.717) is 0 Å². The molecule has 0 aliphatic rings. The van der Waals surface area contributed by atoms with Crippen LogP contribution in [0.1, 0.15) is 24.1 Å². The normalized spacial score (nSPS) is 12.2.